The van der Waals surface area contributed by atoms with Crippen LogP contribution in [0.3, 0.4) is 0 Å². The van der Waals surface area contributed by atoms with E-state index in [1.54, 1.807) is 24.3 Å². The molecule has 0 saturated carbocycles. The lowest BCUT2D eigenvalue weighted by Crippen LogP contribution is -2.23. The number of benzene rings is 3. The third kappa shape index (κ3) is 16.1. The fourth-order valence-electron chi connectivity index (χ4n) is 6.16. The number of hydrogen-bond donors (Lipinski definition) is 4. The highest BCUT2D eigenvalue weighted by atomic mass is 16.5. The number of ether oxygens (including phenoxy) is 4. The van der Waals surface area contributed by atoms with Gasteiger partial charge in [0.05, 0.1) is 24.3 Å². The fourth-order valence-corrected chi connectivity index (χ4v) is 6.16. The maximum Gasteiger partial charge on any atom is 0.167 e. The Bertz CT molecular complexity index is 1580. The van der Waals surface area contributed by atoms with Crippen molar-refractivity contribution >= 4 is 0 Å². The smallest absolute Gasteiger partial charge is 0.167 e. The molecule has 0 aliphatic rings. The molecule has 56 heavy (non-hydrogen) atoms. The number of aromatic hydroxyl groups is 2. The Morgan fingerprint density at radius 2 is 0.893 bits per heavy atom. The van der Waals surface area contributed by atoms with Crippen molar-refractivity contribution in [2.45, 2.75) is 116 Å². The van der Waals surface area contributed by atoms with Gasteiger partial charge in [-0.3, -0.25) is 0 Å². The quantitative estimate of drug-likeness (QED) is 0.0390. The molecular formula is C45H63N3O8. The minimum atomic E-state index is -0.811. The molecule has 0 spiro atoms. The molecule has 0 bridgehead atoms. The number of unbranched alkanes of at least 4 members (excludes halogenated alkanes) is 12. The van der Waals surface area contributed by atoms with E-state index in [0.717, 1.165) is 31.2 Å². The van der Waals surface area contributed by atoms with Crippen molar-refractivity contribution in [2.75, 3.05) is 39.6 Å². The van der Waals surface area contributed by atoms with Crippen LogP contribution in [0.4, 0.5) is 0 Å². The molecule has 0 aliphatic carbocycles. The monoisotopic (exact) mass is 773 g/mol. The van der Waals surface area contributed by atoms with Crippen LogP contribution < -0.4 is 9.47 Å². The highest BCUT2D eigenvalue weighted by molar-refractivity contribution is 5.72. The van der Waals surface area contributed by atoms with Crippen molar-refractivity contribution in [3.05, 3.63) is 66.7 Å². The summed E-state index contributed by atoms with van der Waals surface area (Å²) in [6.07, 6.45) is 15.2. The van der Waals surface area contributed by atoms with Gasteiger partial charge in [0.15, 0.2) is 17.5 Å². The number of rotatable bonds is 29. The van der Waals surface area contributed by atoms with E-state index in [2.05, 4.69) is 28.8 Å². The summed E-state index contributed by atoms with van der Waals surface area (Å²) in [7, 11) is 0. The van der Waals surface area contributed by atoms with Crippen molar-refractivity contribution in [1.29, 1.82) is 0 Å². The fraction of sp³-hybridized carbons (Fsp3) is 0.533. The first kappa shape index (κ1) is 44.4. The molecule has 0 radical (unpaired) electrons. The summed E-state index contributed by atoms with van der Waals surface area (Å²) < 4.78 is 22.8. The van der Waals surface area contributed by atoms with Crippen molar-refractivity contribution in [3.63, 3.8) is 0 Å². The van der Waals surface area contributed by atoms with Crippen LogP contribution in [-0.2, 0) is 9.47 Å². The predicted octanol–water partition coefficient (Wildman–Crippen LogP) is 9.30. The molecule has 0 aliphatic heterocycles. The summed E-state index contributed by atoms with van der Waals surface area (Å²) in [5, 5.41) is 42.9. The number of aliphatic hydroxyl groups is 2. The van der Waals surface area contributed by atoms with Gasteiger partial charge in [-0.15, -0.1) is 0 Å². The zero-order valence-electron chi connectivity index (χ0n) is 33.4. The number of hydrogen-bond acceptors (Lipinski definition) is 11. The molecular weight excluding hydrogens is 711 g/mol. The number of phenols is 2. The second-order valence-corrected chi connectivity index (χ2v) is 14.4. The minimum Gasteiger partial charge on any atom is -0.507 e. The molecule has 306 valence electrons. The lowest BCUT2D eigenvalue weighted by molar-refractivity contribution is 0.0109. The van der Waals surface area contributed by atoms with Gasteiger partial charge in [0, 0.05) is 30.9 Å². The Hall–Kier alpha value is -4.29. The molecule has 4 aromatic rings. The van der Waals surface area contributed by atoms with Crippen LogP contribution in [0, 0.1) is 0 Å². The van der Waals surface area contributed by atoms with E-state index in [1.807, 2.05) is 30.3 Å². The Kier molecular flexibility index (Phi) is 20.5. The van der Waals surface area contributed by atoms with Crippen LogP contribution in [0.5, 0.6) is 23.0 Å². The Morgan fingerprint density at radius 3 is 1.32 bits per heavy atom. The summed E-state index contributed by atoms with van der Waals surface area (Å²) in [6, 6.07) is 18.9. The molecule has 2 atom stereocenters. The second-order valence-electron chi connectivity index (χ2n) is 14.4. The van der Waals surface area contributed by atoms with Gasteiger partial charge >= 0.3 is 0 Å². The highest BCUT2D eigenvalue weighted by Gasteiger charge is 2.18. The average Bonchev–Trinajstić information content (AvgIpc) is 3.21. The summed E-state index contributed by atoms with van der Waals surface area (Å²) in [5.74, 6) is 1.22. The van der Waals surface area contributed by atoms with E-state index >= 15 is 0 Å². The number of aromatic nitrogens is 3. The molecule has 11 heteroatoms. The van der Waals surface area contributed by atoms with E-state index in [-0.39, 0.29) is 49.6 Å². The molecule has 1 heterocycles. The average molecular weight is 774 g/mol. The van der Waals surface area contributed by atoms with Gasteiger partial charge in [0.1, 0.15) is 48.4 Å². The summed E-state index contributed by atoms with van der Waals surface area (Å²) in [5.41, 5.74) is 1.39. The Labute approximate surface area is 333 Å². The first-order valence-corrected chi connectivity index (χ1v) is 20.6. The van der Waals surface area contributed by atoms with Gasteiger partial charge in [-0.2, -0.15) is 0 Å². The van der Waals surface area contributed by atoms with Crippen molar-refractivity contribution in [2.24, 2.45) is 0 Å². The standard InChI is InChI=1S/C45H63N3O8/c1-3-5-7-9-11-13-18-26-53-30-35(49)32-55-37-22-24-39(41(51)28-37)44-46-43(34-20-16-15-17-21-34)47-45(48-44)40-25-23-38(29-42(40)52)56-33-36(50)31-54-27-19-14-12-10-8-6-4-2/h15-17,20-25,28-29,35-36,49-52H,3-14,18-19,26-27,30-33H2,1-2H3. The maximum absolute atomic E-state index is 11.1. The predicted molar refractivity (Wildman–Crippen MR) is 220 cm³/mol. The summed E-state index contributed by atoms with van der Waals surface area (Å²) in [6.45, 7) is 6.00. The Morgan fingerprint density at radius 1 is 0.482 bits per heavy atom. The molecule has 4 rings (SSSR count). The summed E-state index contributed by atoms with van der Waals surface area (Å²) in [4.78, 5) is 14.0. The van der Waals surface area contributed by atoms with Gasteiger partial charge in [-0.05, 0) is 37.1 Å². The minimum absolute atomic E-state index is 0.00883. The van der Waals surface area contributed by atoms with Crippen LogP contribution in [-0.4, -0.2) is 87.2 Å². The first-order chi connectivity index (χ1) is 27.4. The first-order valence-electron chi connectivity index (χ1n) is 20.6. The van der Waals surface area contributed by atoms with E-state index in [1.165, 1.54) is 76.3 Å². The van der Waals surface area contributed by atoms with Crippen LogP contribution in [0.25, 0.3) is 34.2 Å². The zero-order chi connectivity index (χ0) is 39.8. The number of aliphatic hydroxyl groups excluding tert-OH is 2. The van der Waals surface area contributed by atoms with Gasteiger partial charge in [-0.1, -0.05) is 121 Å². The van der Waals surface area contributed by atoms with E-state index in [0.29, 0.717) is 41.7 Å². The molecule has 2 unspecified atom stereocenters. The van der Waals surface area contributed by atoms with Gasteiger partial charge in [-0.25, -0.2) is 15.0 Å². The maximum atomic E-state index is 11.1. The van der Waals surface area contributed by atoms with Gasteiger partial charge in [0.2, 0.25) is 0 Å². The van der Waals surface area contributed by atoms with Gasteiger partial charge in [0.25, 0.3) is 0 Å². The van der Waals surface area contributed by atoms with E-state index < -0.39 is 12.2 Å². The zero-order valence-corrected chi connectivity index (χ0v) is 33.4. The largest absolute Gasteiger partial charge is 0.507 e. The lowest BCUT2D eigenvalue weighted by Gasteiger charge is -2.15. The summed E-state index contributed by atoms with van der Waals surface area (Å²) >= 11 is 0. The molecule has 0 saturated heterocycles. The second kappa shape index (κ2) is 25.8. The van der Waals surface area contributed by atoms with Crippen LogP contribution >= 0.6 is 0 Å². The van der Waals surface area contributed by atoms with E-state index in [9.17, 15) is 20.4 Å². The normalized spacial score (nSPS) is 12.4. The molecule has 4 N–H and O–H groups in total. The van der Waals surface area contributed by atoms with Crippen molar-refractivity contribution in [3.8, 4) is 57.2 Å². The third-order valence-corrected chi connectivity index (χ3v) is 9.38. The van der Waals surface area contributed by atoms with Crippen LogP contribution in [0.15, 0.2) is 66.7 Å². The van der Waals surface area contributed by atoms with Crippen molar-refractivity contribution in [1.82, 2.24) is 15.0 Å². The third-order valence-electron chi connectivity index (χ3n) is 9.38. The molecule has 0 amide bonds. The lowest BCUT2D eigenvalue weighted by atomic mass is 10.1. The van der Waals surface area contributed by atoms with Crippen LogP contribution in [0.1, 0.15) is 104 Å². The molecule has 0 fully saturated rings. The Balaban J connectivity index is 1.34. The number of nitrogens with zero attached hydrogens (tertiary/aromatic N) is 3. The molecule has 11 nitrogen and oxygen atoms in total. The SMILES string of the molecule is CCCCCCCCCOCC(O)COc1ccc(-c2nc(-c3ccccc3)nc(-c3ccc(OCC(O)COCCCCCCCCC)cc3O)n2)c(O)c1. The topological polar surface area (TPSA) is 157 Å². The highest BCUT2D eigenvalue weighted by Crippen LogP contribution is 2.35. The van der Waals surface area contributed by atoms with Crippen LogP contribution in [0.2, 0.25) is 0 Å². The number of phenolic OH excluding ortho intramolecular Hbond substituents is 2. The van der Waals surface area contributed by atoms with Gasteiger partial charge < -0.3 is 39.4 Å². The van der Waals surface area contributed by atoms with E-state index in [4.69, 9.17) is 18.9 Å². The molecule has 3 aromatic carbocycles. The van der Waals surface area contributed by atoms with Crippen molar-refractivity contribution < 1.29 is 39.4 Å². The molecule has 1 aromatic heterocycles.